The lowest BCUT2D eigenvalue weighted by Crippen LogP contribution is -2.37. The SMILES string of the molecule is c1ccc2c(c1)NCC2CN1CCC2CCCCC21. The molecule has 3 aliphatic rings. The first-order valence-electron chi connectivity index (χ1n) is 7.98. The summed E-state index contributed by atoms with van der Waals surface area (Å²) in [5, 5.41) is 3.57. The van der Waals surface area contributed by atoms with Crippen LogP contribution in [0.15, 0.2) is 24.3 Å². The second-order valence-corrected chi connectivity index (χ2v) is 6.56. The van der Waals surface area contributed by atoms with Gasteiger partial charge in [-0.3, -0.25) is 4.90 Å². The summed E-state index contributed by atoms with van der Waals surface area (Å²) in [6.45, 7) is 3.74. The summed E-state index contributed by atoms with van der Waals surface area (Å²) in [5.74, 6) is 1.72. The largest absolute Gasteiger partial charge is 0.384 e. The molecule has 4 rings (SSSR count). The Balaban J connectivity index is 1.48. The van der Waals surface area contributed by atoms with Crippen molar-refractivity contribution in [3.8, 4) is 0 Å². The van der Waals surface area contributed by atoms with Gasteiger partial charge in [0.1, 0.15) is 0 Å². The van der Waals surface area contributed by atoms with Gasteiger partial charge in [0.2, 0.25) is 0 Å². The van der Waals surface area contributed by atoms with Crippen molar-refractivity contribution in [3.63, 3.8) is 0 Å². The van der Waals surface area contributed by atoms with Crippen LogP contribution in [0, 0.1) is 5.92 Å². The number of para-hydroxylation sites is 1. The van der Waals surface area contributed by atoms with Crippen molar-refractivity contribution in [2.24, 2.45) is 5.92 Å². The van der Waals surface area contributed by atoms with Crippen LogP contribution < -0.4 is 5.32 Å². The van der Waals surface area contributed by atoms with Crippen LogP contribution in [0.5, 0.6) is 0 Å². The van der Waals surface area contributed by atoms with Crippen LogP contribution in [-0.4, -0.2) is 30.6 Å². The Bertz CT molecular complexity index is 456. The lowest BCUT2D eigenvalue weighted by molar-refractivity contribution is 0.176. The van der Waals surface area contributed by atoms with Gasteiger partial charge in [-0.25, -0.2) is 0 Å². The molecule has 1 N–H and O–H groups in total. The van der Waals surface area contributed by atoms with Gasteiger partial charge in [0.15, 0.2) is 0 Å². The molecule has 0 bridgehead atoms. The van der Waals surface area contributed by atoms with Crippen molar-refractivity contribution in [3.05, 3.63) is 29.8 Å². The molecule has 1 aliphatic carbocycles. The minimum atomic E-state index is 0.705. The zero-order chi connectivity index (χ0) is 12.7. The Morgan fingerprint density at radius 3 is 3.00 bits per heavy atom. The second-order valence-electron chi connectivity index (χ2n) is 6.56. The van der Waals surface area contributed by atoms with Crippen LogP contribution in [0.25, 0.3) is 0 Å². The highest BCUT2D eigenvalue weighted by molar-refractivity contribution is 5.57. The third-order valence-corrected chi connectivity index (χ3v) is 5.52. The molecule has 0 radical (unpaired) electrons. The molecule has 1 saturated carbocycles. The van der Waals surface area contributed by atoms with Crippen LogP contribution in [0.2, 0.25) is 0 Å². The number of likely N-dealkylation sites (tertiary alicyclic amines) is 1. The molecular formula is C17H24N2. The predicted molar refractivity (Wildman–Crippen MR) is 79.6 cm³/mol. The number of nitrogens with zero attached hydrogens (tertiary/aromatic N) is 1. The summed E-state index contributed by atoms with van der Waals surface area (Å²) < 4.78 is 0. The maximum Gasteiger partial charge on any atom is 0.0376 e. The summed E-state index contributed by atoms with van der Waals surface area (Å²) in [5.41, 5.74) is 2.91. The van der Waals surface area contributed by atoms with Crippen molar-refractivity contribution in [2.75, 3.05) is 25.0 Å². The van der Waals surface area contributed by atoms with Crippen molar-refractivity contribution in [1.82, 2.24) is 4.90 Å². The quantitative estimate of drug-likeness (QED) is 0.871. The number of rotatable bonds is 2. The number of hydrogen-bond acceptors (Lipinski definition) is 2. The van der Waals surface area contributed by atoms with Crippen LogP contribution in [0.3, 0.4) is 0 Å². The zero-order valence-electron chi connectivity index (χ0n) is 11.6. The molecule has 3 unspecified atom stereocenters. The second kappa shape index (κ2) is 4.82. The molecule has 2 fully saturated rings. The molecule has 2 aliphatic heterocycles. The highest BCUT2D eigenvalue weighted by Crippen LogP contribution is 2.39. The first-order valence-corrected chi connectivity index (χ1v) is 7.98. The summed E-state index contributed by atoms with van der Waals surface area (Å²) in [4.78, 5) is 2.80. The van der Waals surface area contributed by atoms with Gasteiger partial charge in [-0.15, -0.1) is 0 Å². The fourth-order valence-electron chi connectivity index (χ4n) is 4.53. The Morgan fingerprint density at radius 2 is 2.00 bits per heavy atom. The van der Waals surface area contributed by atoms with Crippen LogP contribution in [0.1, 0.15) is 43.6 Å². The van der Waals surface area contributed by atoms with Gasteiger partial charge < -0.3 is 5.32 Å². The van der Waals surface area contributed by atoms with Crippen LogP contribution in [0.4, 0.5) is 5.69 Å². The van der Waals surface area contributed by atoms with E-state index in [1.807, 2.05) is 0 Å². The number of nitrogens with one attached hydrogen (secondary N) is 1. The number of fused-ring (bicyclic) bond motifs is 2. The third-order valence-electron chi connectivity index (χ3n) is 5.52. The molecule has 1 aromatic carbocycles. The standard InChI is InChI=1S/C17H24N2/c1-4-8-17-13(5-1)9-10-19(17)12-14-11-18-16-7-3-2-6-15(14)16/h2-3,6-7,13-14,17-18H,1,4-5,8-12H2. The summed E-state index contributed by atoms with van der Waals surface area (Å²) in [6, 6.07) is 9.77. The van der Waals surface area contributed by atoms with E-state index in [-0.39, 0.29) is 0 Å². The van der Waals surface area contributed by atoms with Gasteiger partial charge in [-0.1, -0.05) is 31.0 Å². The molecule has 2 heterocycles. The maximum atomic E-state index is 3.57. The van der Waals surface area contributed by atoms with Crippen molar-refractivity contribution < 1.29 is 0 Å². The number of hydrogen-bond donors (Lipinski definition) is 1. The van der Waals surface area contributed by atoms with E-state index in [1.165, 1.54) is 50.9 Å². The predicted octanol–water partition coefficient (Wildman–Crippen LogP) is 3.46. The number of benzene rings is 1. The zero-order valence-corrected chi connectivity index (χ0v) is 11.6. The van der Waals surface area contributed by atoms with Crippen LogP contribution >= 0.6 is 0 Å². The van der Waals surface area contributed by atoms with E-state index in [0.29, 0.717) is 5.92 Å². The maximum absolute atomic E-state index is 3.57. The Kier molecular flexibility index (Phi) is 2.99. The molecule has 19 heavy (non-hydrogen) atoms. The van der Waals surface area contributed by atoms with E-state index >= 15 is 0 Å². The Labute approximate surface area is 116 Å². The lowest BCUT2D eigenvalue weighted by Gasteiger charge is -2.33. The first kappa shape index (κ1) is 11.8. The molecular weight excluding hydrogens is 232 g/mol. The highest BCUT2D eigenvalue weighted by atomic mass is 15.2. The first-order chi connectivity index (χ1) is 9.42. The minimum Gasteiger partial charge on any atom is -0.384 e. The molecule has 3 atom stereocenters. The number of anilines is 1. The summed E-state index contributed by atoms with van der Waals surface area (Å²) >= 11 is 0. The van der Waals surface area contributed by atoms with Gasteiger partial charge in [0, 0.05) is 30.7 Å². The average molecular weight is 256 g/mol. The van der Waals surface area contributed by atoms with Gasteiger partial charge >= 0.3 is 0 Å². The van der Waals surface area contributed by atoms with E-state index in [0.717, 1.165) is 18.5 Å². The fraction of sp³-hybridized carbons (Fsp3) is 0.647. The molecule has 0 spiro atoms. The Hall–Kier alpha value is -1.02. The minimum absolute atomic E-state index is 0.705. The molecule has 1 aromatic rings. The van der Waals surface area contributed by atoms with E-state index in [2.05, 4.69) is 34.5 Å². The van der Waals surface area contributed by atoms with Crippen molar-refractivity contribution >= 4 is 5.69 Å². The molecule has 2 nitrogen and oxygen atoms in total. The van der Waals surface area contributed by atoms with E-state index in [9.17, 15) is 0 Å². The normalized spacial score (nSPS) is 33.8. The van der Waals surface area contributed by atoms with Crippen LogP contribution in [-0.2, 0) is 0 Å². The van der Waals surface area contributed by atoms with Crippen molar-refractivity contribution in [1.29, 1.82) is 0 Å². The van der Waals surface area contributed by atoms with Gasteiger partial charge in [0.05, 0.1) is 0 Å². The smallest absolute Gasteiger partial charge is 0.0376 e. The average Bonchev–Trinajstić information content (AvgIpc) is 3.05. The monoisotopic (exact) mass is 256 g/mol. The molecule has 0 amide bonds. The Morgan fingerprint density at radius 1 is 1.11 bits per heavy atom. The molecule has 1 saturated heterocycles. The van der Waals surface area contributed by atoms with E-state index in [4.69, 9.17) is 0 Å². The van der Waals surface area contributed by atoms with Gasteiger partial charge in [-0.2, -0.15) is 0 Å². The topological polar surface area (TPSA) is 15.3 Å². The van der Waals surface area contributed by atoms with Crippen molar-refractivity contribution in [2.45, 2.75) is 44.1 Å². The van der Waals surface area contributed by atoms with Gasteiger partial charge in [0.25, 0.3) is 0 Å². The summed E-state index contributed by atoms with van der Waals surface area (Å²) in [7, 11) is 0. The fourth-order valence-corrected chi connectivity index (χ4v) is 4.53. The molecule has 0 aromatic heterocycles. The third kappa shape index (κ3) is 2.06. The summed E-state index contributed by atoms with van der Waals surface area (Å²) in [6.07, 6.45) is 7.32. The lowest BCUT2D eigenvalue weighted by atomic mass is 9.85. The van der Waals surface area contributed by atoms with E-state index in [1.54, 1.807) is 5.56 Å². The molecule has 102 valence electrons. The molecule has 2 heteroatoms. The van der Waals surface area contributed by atoms with E-state index < -0.39 is 0 Å². The highest BCUT2D eigenvalue weighted by Gasteiger charge is 2.37. The van der Waals surface area contributed by atoms with Gasteiger partial charge in [-0.05, 0) is 43.4 Å².